The molecule has 0 amide bonds. The van der Waals surface area contributed by atoms with Crippen LogP contribution < -0.4 is 0 Å². The van der Waals surface area contributed by atoms with Crippen LogP contribution in [0, 0.1) is 0 Å². The zero-order valence-corrected chi connectivity index (χ0v) is 24.4. The first kappa shape index (κ1) is 32.2. The van der Waals surface area contributed by atoms with Gasteiger partial charge in [0.25, 0.3) is 0 Å². The zero-order valence-electron chi connectivity index (χ0n) is 20.0. The summed E-state index contributed by atoms with van der Waals surface area (Å²) in [5.74, 6) is -1.11. The van der Waals surface area contributed by atoms with Gasteiger partial charge in [-0.1, -0.05) is 0 Å². The van der Waals surface area contributed by atoms with Crippen LogP contribution in [-0.2, 0) is 52.7 Å². The molecule has 0 saturated heterocycles. The molecule has 0 saturated carbocycles. The SMILES string of the molecule is CCOC(C(C)=O)[C](=O)[Ti]([O]C(C)C)([O]C(C)C)[C](=O)C(OCC)C(C)=O.[CH3][Sn][CH3]. The predicted molar refractivity (Wildman–Crippen MR) is 112 cm³/mol. The van der Waals surface area contributed by atoms with Crippen LogP contribution in [0.25, 0.3) is 0 Å². The van der Waals surface area contributed by atoms with Crippen molar-refractivity contribution in [2.45, 2.75) is 89.7 Å². The van der Waals surface area contributed by atoms with Gasteiger partial charge in [-0.3, -0.25) is 0 Å². The predicted octanol–water partition coefficient (Wildman–Crippen LogP) is 2.65. The Hall–Kier alpha value is 0.0330. The van der Waals surface area contributed by atoms with Gasteiger partial charge in [-0.2, -0.15) is 0 Å². The molecule has 30 heavy (non-hydrogen) atoms. The monoisotopic (exact) mass is 574 g/mol. The molecule has 0 spiro atoms. The molecule has 0 heterocycles. The Bertz CT molecular complexity index is 517. The van der Waals surface area contributed by atoms with Gasteiger partial charge in [-0.25, -0.2) is 0 Å². The van der Waals surface area contributed by atoms with E-state index in [4.69, 9.17) is 16.1 Å². The molecule has 2 radical (unpaired) electrons. The molecule has 2 atom stereocenters. The average Bonchev–Trinajstić information content (AvgIpc) is 2.61. The molecule has 2 unspecified atom stereocenters. The number of ketones is 2. The van der Waals surface area contributed by atoms with Crippen molar-refractivity contribution in [1.29, 1.82) is 0 Å². The summed E-state index contributed by atoms with van der Waals surface area (Å²) in [7, 11) is 0. The second kappa shape index (κ2) is 16.6. The van der Waals surface area contributed by atoms with Crippen LogP contribution in [0.1, 0.15) is 55.4 Å². The first-order chi connectivity index (χ1) is 13.9. The molecule has 0 aliphatic heterocycles. The molecule has 0 aliphatic carbocycles. The van der Waals surface area contributed by atoms with Crippen LogP contribution in [-0.4, -0.2) is 78.5 Å². The van der Waals surface area contributed by atoms with E-state index in [1.54, 1.807) is 41.5 Å². The maximum absolute atomic E-state index is 13.3. The van der Waals surface area contributed by atoms with Crippen molar-refractivity contribution in [1.82, 2.24) is 0 Å². The van der Waals surface area contributed by atoms with E-state index in [-0.39, 0.29) is 34.4 Å². The van der Waals surface area contributed by atoms with Crippen molar-refractivity contribution in [3.05, 3.63) is 0 Å². The van der Waals surface area contributed by atoms with Crippen LogP contribution in [0.5, 0.6) is 0 Å². The standard InChI is InChI=1S/2C6H9O3.2C3H7O.2CH3.Sn.Ti/c2*1-3-9-6(4-7)5(2)8;2*1-3(2)4;;;;/h2*6H,3H2,1-2H3;2*3H,1-2H3;2*1H3;;/q;;2*-1;;;;+2. The van der Waals surface area contributed by atoms with E-state index in [0.717, 1.165) is 0 Å². The summed E-state index contributed by atoms with van der Waals surface area (Å²) >= 11 is -4.87. The van der Waals surface area contributed by atoms with Crippen LogP contribution in [0.3, 0.4) is 0 Å². The van der Waals surface area contributed by atoms with Crippen LogP contribution in [0.2, 0.25) is 9.88 Å². The van der Waals surface area contributed by atoms with E-state index in [2.05, 4.69) is 9.88 Å². The molecule has 0 bridgehead atoms. The molecule has 0 aliphatic rings. The van der Waals surface area contributed by atoms with Crippen LogP contribution in [0.4, 0.5) is 0 Å². The normalized spacial score (nSPS) is 13.5. The van der Waals surface area contributed by atoms with Crippen molar-refractivity contribution in [3.63, 3.8) is 0 Å². The third kappa shape index (κ3) is 10.6. The Morgan fingerprint density at radius 1 is 0.733 bits per heavy atom. The zero-order chi connectivity index (χ0) is 24.1. The van der Waals surface area contributed by atoms with Gasteiger partial charge in [-0.05, 0) is 0 Å². The van der Waals surface area contributed by atoms with Gasteiger partial charge in [0.05, 0.1) is 0 Å². The number of hydrogen-bond donors (Lipinski definition) is 0. The van der Waals surface area contributed by atoms with Gasteiger partial charge in [-0.15, -0.1) is 0 Å². The second-order valence-electron chi connectivity index (χ2n) is 7.07. The molecule has 0 aromatic carbocycles. The molecule has 0 aromatic rings. The van der Waals surface area contributed by atoms with E-state index < -0.39 is 61.5 Å². The van der Waals surface area contributed by atoms with E-state index in [1.807, 2.05) is 0 Å². The summed E-state index contributed by atoms with van der Waals surface area (Å²) in [6, 6.07) is 0. The molecule has 8 nitrogen and oxygen atoms in total. The minimum absolute atomic E-state index is 0.0907. The van der Waals surface area contributed by atoms with E-state index in [0.29, 0.717) is 0 Å². The number of carbonyl (C=O) groups is 4. The van der Waals surface area contributed by atoms with Gasteiger partial charge in [0.15, 0.2) is 0 Å². The Balaban J connectivity index is 0. The number of rotatable bonds is 14. The van der Waals surface area contributed by atoms with Gasteiger partial charge >= 0.3 is 196 Å². The first-order valence-corrected chi connectivity index (χ1v) is 18.7. The summed E-state index contributed by atoms with van der Waals surface area (Å²) in [5, 5.41) is 0. The fraction of sp³-hybridized carbons (Fsp3) is 0.800. The molecule has 0 fully saturated rings. The summed E-state index contributed by atoms with van der Waals surface area (Å²) in [6.45, 7) is 12.4. The van der Waals surface area contributed by atoms with Crippen LogP contribution in [0.15, 0.2) is 0 Å². The number of Topliss-reactive ketones (excluding diaryl/α,β-unsaturated/α-hetero) is 2. The van der Waals surface area contributed by atoms with Crippen molar-refractivity contribution >= 4 is 40.9 Å². The summed E-state index contributed by atoms with van der Waals surface area (Å²) in [6.07, 6.45) is -4.04. The molecule has 174 valence electrons. The third-order valence-electron chi connectivity index (χ3n) is 3.33. The summed E-state index contributed by atoms with van der Waals surface area (Å²) < 4.78 is 20.6. The van der Waals surface area contributed by atoms with Crippen molar-refractivity contribution < 1.29 is 52.7 Å². The fourth-order valence-electron chi connectivity index (χ4n) is 2.48. The van der Waals surface area contributed by atoms with E-state index >= 15 is 0 Å². The second-order valence-corrected chi connectivity index (χ2v) is 14.1. The van der Waals surface area contributed by atoms with Crippen molar-refractivity contribution in [2.75, 3.05) is 13.2 Å². The number of hydrogen-bond acceptors (Lipinski definition) is 8. The third-order valence-corrected chi connectivity index (χ3v) is 8.69. The Morgan fingerprint density at radius 2 is 1.00 bits per heavy atom. The van der Waals surface area contributed by atoms with Gasteiger partial charge in [0.2, 0.25) is 0 Å². The quantitative estimate of drug-likeness (QED) is 0.231. The summed E-state index contributed by atoms with van der Waals surface area (Å²) in [4.78, 5) is 55.3. The van der Waals surface area contributed by atoms with Crippen molar-refractivity contribution in [3.8, 4) is 0 Å². The minimum atomic E-state index is -5.10. The van der Waals surface area contributed by atoms with Crippen molar-refractivity contribution in [2.24, 2.45) is 0 Å². The first-order valence-electron chi connectivity index (χ1n) is 10.1. The molecule has 0 aromatic heterocycles. The maximum atomic E-state index is 13.3. The average molecular weight is 573 g/mol. The molecular formula is C20H38O8SnTi. The van der Waals surface area contributed by atoms with E-state index in [1.165, 1.54) is 13.8 Å². The van der Waals surface area contributed by atoms with Crippen LogP contribution >= 0.6 is 0 Å². The Morgan fingerprint density at radius 3 is 1.17 bits per heavy atom. The Labute approximate surface area is 195 Å². The summed E-state index contributed by atoms with van der Waals surface area (Å²) in [5.41, 5.74) is 0. The Kier molecular flexibility index (Phi) is 17.9. The van der Waals surface area contributed by atoms with Gasteiger partial charge in [0.1, 0.15) is 0 Å². The number of ether oxygens (including phenoxy) is 2. The van der Waals surface area contributed by atoms with Gasteiger partial charge in [0, 0.05) is 0 Å². The van der Waals surface area contributed by atoms with E-state index in [9.17, 15) is 19.2 Å². The molecule has 0 rings (SSSR count). The topological polar surface area (TPSA) is 105 Å². The fourth-order valence-corrected chi connectivity index (χ4v) is 7.72. The number of carbonyl (C=O) groups excluding carboxylic acids is 4. The van der Waals surface area contributed by atoms with Gasteiger partial charge < -0.3 is 0 Å². The molecule has 10 heteroatoms. The molecular weight excluding hydrogens is 535 g/mol. The molecule has 0 N–H and O–H groups in total.